The summed E-state index contributed by atoms with van der Waals surface area (Å²) in [5.74, 6) is 1.73. The predicted octanol–water partition coefficient (Wildman–Crippen LogP) is 1.73. The topological polar surface area (TPSA) is 32.3 Å². The zero-order valence-electron chi connectivity index (χ0n) is 10.9. The van der Waals surface area contributed by atoms with E-state index >= 15 is 0 Å². The molecule has 0 aromatic heterocycles. The molecule has 2 aliphatic rings. The van der Waals surface area contributed by atoms with Crippen molar-refractivity contribution in [2.24, 2.45) is 5.92 Å². The third-order valence-corrected chi connectivity index (χ3v) is 5.74. The lowest BCUT2D eigenvalue weighted by Gasteiger charge is -2.21. The van der Waals surface area contributed by atoms with Crippen LogP contribution in [0.4, 0.5) is 0 Å². The van der Waals surface area contributed by atoms with E-state index < -0.39 is 0 Å². The van der Waals surface area contributed by atoms with Gasteiger partial charge in [0.2, 0.25) is 5.91 Å². The molecule has 1 saturated heterocycles. The number of thioether (sulfide) groups is 1. The largest absolute Gasteiger partial charge is 0.342 e. The third-order valence-electron chi connectivity index (χ3n) is 4.23. The van der Waals surface area contributed by atoms with E-state index in [1.165, 1.54) is 25.7 Å². The SMILES string of the molecule is CNC1CCC(SCC(=O)N2CCCC2)C1C. The molecule has 4 heteroatoms. The van der Waals surface area contributed by atoms with Crippen LogP contribution >= 0.6 is 11.8 Å². The average Bonchev–Trinajstić information content (AvgIpc) is 2.96. The number of likely N-dealkylation sites (tertiary alicyclic amines) is 1. The van der Waals surface area contributed by atoms with Crippen LogP contribution in [-0.4, -0.2) is 48.0 Å². The van der Waals surface area contributed by atoms with Gasteiger partial charge in [0.25, 0.3) is 0 Å². The van der Waals surface area contributed by atoms with Gasteiger partial charge in [0.05, 0.1) is 5.75 Å². The van der Waals surface area contributed by atoms with E-state index in [1.54, 1.807) is 0 Å². The molecule has 3 atom stereocenters. The van der Waals surface area contributed by atoms with E-state index in [0.717, 1.165) is 13.1 Å². The first-order valence-electron chi connectivity index (χ1n) is 6.79. The Morgan fingerprint density at radius 2 is 2.06 bits per heavy atom. The lowest BCUT2D eigenvalue weighted by molar-refractivity contribution is -0.127. The second kappa shape index (κ2) is 6.10. The van der Waals surface area contributed by atoms with E-state index in [-0.39, 0.29) is 0 Å². The standard InChI is InChI=1S/C13H24N2OS/c1-10-11(14-2)5-6-12(10)17-9-13(16)15-7-3-4-8-15/h10-12,14H,3-9H2,1-2H3. The van der Waals surface area contributed by atoms with E-state index in [4.69, 9.17) is 0 Å². The lowest BCUT2D eigenvalue weighted by Crippen LogP contribution is -2.32. The Kier molecular flexibility index (Phi) is 4.74. The van der Waals surface area contributed by atoms with Gasteiger partial charge in [0, 0.05) is 24.4 Å². The second-order valence-electron chi connectivity index (χ2n) is 5.27. The van der Waals surface area contributed by atoms with Crippen LogP contribution < -0.4 is 5.32 Å². The number of nitrogens with one attached hydrogen (secondary N) is 1. The maximum absolute atomic E-state index is 11.9. The highest BCUT2D eigenvalue weighted by Crippen LogP contribution is 2.35. The van der Waals surface area contributed by atoms with E-state index in [1.807, 2.05) is 23.7 Å². The van der Waals surface area contributed by atoms with Crippen molar-refractivity contribution >= 4 is 17.7 Å². The van der Waals surface area contributed by atoms with Crippen molar-refractivity contribution in [1.82, 2.24) is 10.2 Å². The summed E-state index contributed by atoms with van der Waals surface area (Å²) in [5.41, 5.74) is 0. The quantitative estimate of drug-likeness (QED) is 0.831. The maximum Gasteiger partial charge on any atom is 0.232 e. The van der Waals surface area contributed by atoms with Crippen LogP contribution in [0.3, 0.4) is 0 Å². The van der Waals surface area contributed by atoms with Gasteiger partial charge in [-0.15, -0.1) is 11.8 Å². The minimum absolute atomic E-state index is 0.354. The number of hydrogen-bond acceptors (Lipinski definition) is 3. The van der Waals surface area contributed by atoms with Crippen molar-refractivity contribution in [1.29, 1.82) is 0 Å². The predicted molar refractivity (Wildman–Crippen MR) is 73.3 cm³/mol. The molecule has 1 amide bonds. The summed E-state index contributed by atoms with van der Waals surface area (Å²) in [6.45, 7) is 4.28. The van der Waals surface area contributed by atoms with Gasteiger partial charge in [0.15, 0.2) is 0 Å². The zero-order valence-corrected chi connectivity index (χ0v) is 11.8. The summed E-state index contributed by atoms with van der Waals surface area (Å²) < 4.78 is 0. The number of rotatable bonds is 4. The van der Waals surface area contributed by atoms with Gasteiger partial charge >= 0.3 is 0 Å². The van der Waals surface area contributed by atoms with Crippen LogP contribution in [0.2, 0.25) is 0 Å². The molecule has 2 fully saturated rings. The number of amides is 1. The van der Waals surface area contributed by atoms with Crippen molar-refractivity contribution in [2.75, 3.05) is 25.9 Å². The van der Waals surface area contributed by atoms with Crippen LogP contribution in [0.1, 0.15) is 32.6 Å². The minimum atomic E-state index is 0.354. The first-order valence-corrected chi connectivity index (χ1v) is 7.84. The fourth-order valence-corrected chi connectivity index (χ4v) is 4.34. The van der Waals surface area contributed by atoms with E-state index in [9.17, 15) is 4.79 Å². The molecule has 98 valence electrons. The van der Waals surface area contributed by atoms with Crippen molar-refractivity contribution in [3.63, 3.8) is 0 Å². The van der Waals surface area contributed by atoms with Gasteiger partial charge in [-0.2, -0.15) is 0 Å². The fraction of sp³-hybridized carbons (Fsp3) is 0.923. The van der Waals surface area contributed by atoms with Crippen molar-refractivity contribution < 1.29 is 4.79 Å². The number of hydrogen-bond donors (Lipinski definition) is 1. The highest BCUT2D eigenvalue weighted by atomic mass is 32.2. The molecule has 1 saturated carbocycles. The summed E-state index contributed by atoms with van der Waals surface area (Å²) in [6.07, 6.45) is 4.90. The molecule has 1 N–H and O–H groups in total. The summed E-state index contributed by atoms with van der Waals surface area (Å²) in [7, 11) is 2.05. The Hall–Kier alpha value is -0.220. The van der Waals surface area contributed by atoms with Gasteiger partial charge in [-0.05, 0) is 38.6 Å². The van der Waals surface area contributed by atoms with Crippen LogP contribution in [0.5, 0.6) is 0 Å². The average molecular weight is 256 g/mol. The molecule has 3 unspecified atom stereocenters. The Morgan fingerprint density at radius 3 is 2.65 bits per heavy atom. The first-order chi connectivity index (χ1) is 8.22. The van der Waals surface area contributed by atoms with Crippen LogP contribution in [0.15, 0.2) is 0 Å². The molecule has 0 bridgehead atoms. The molecule has 1 heterocycles. The highest BCUT2D eigenvalue weighted by molar-refractivity contribution is 8.00. The van der Waals surface area contributed by atoms with Crippen LogP contribution in [-0.2, 0) is 4.79 Å². The number of carbonyl (C=O) groups excluding carboxylic acids is 1. The van der Waals surface area contributed by atoms with E-state index in [0.29, 0.717) is 28.9 Å². The van der Waals surface area contributed by atoms with Gasteiger partial charge in [-0.25, -0.2) is 0 Å². The first kappa shape index (κ1) is 13.2. The Labute approximate surface area is 109 Å². The summed E-state index contributed by atoms with van der Waals surface area (Å²) >= 11 is 1.87. The molecule has 17 heavy (non-hydrogen) atoms. The molecule has 1 aliphatic carbocycles. The van der Waals surface area contributed by atoms with Crippen molar-refractivity contribution in [2.45, 2.75) is 43.9 Å². The monoisotopic (exact) mass is 256 g/mol. The second-order valence-corrected chi connectivity index (χ2v) is 6.50. The number of nitrogens with zero attached hydrogens (tertiary/aromatic N) is 1. The van der Waals surface area contributed by atoms with Gasteiger partial charge in [0.1, 0.15) is 0 Å². The van der Waals surface area contributed by atoms with Crippen LogP contribution in [0.25, 0.3) is 0 Å². The molecule has 1 aliphatic heterocycles. The third kappa shape index (κ3) is 3.16. The van der Waals surface area contributed by atoms with Crippen molar-refractivity contribution in [3.05, 3.63) is 0 Å². The molecular formula is C13H24N2OS. The lowest BCUT2D eigenvalue weighted by atomic mass is 10.1. The maximum atomic E-state index is 11.9. The number of carbonyl (C=O) groups is 1. The summed E-state index contributed by atoms with van der Waals surface area (Å²) in [5, 5.41) is 4.04. The van der Waals surface area contributed by atoms with Crippen molar-refractivity contribution in [3.8, 4) is 0 Å². The fourth-order valence-electron chi connectivity index (χ4n) is 3.01. The van der Waals surface area contributed by atoms with Crippen LogP contribution in [0, 0.1) is 5.92 Å². The van der Waals surface area contributed by atoms with Gasteiger partial charge in [-0.1, -0.05) is 6.92 Å². The van der Waals surface area contributed by atoms with E-state index in [2.05, 4.69) is 12.2 Å². The molecular weight excluding hydrogens is 232 g/mol. The molecule has 2 rings (SSSR count). The molecule has 0 radical (unpaired) electrons. The molecule has 0 spiro atoms. The normalized spacial score (nSPS) is 33.3. The highest BCUT2D eigenvalue weighted by Gasteiger charge is 2.32. The Morgan fingerprint density at radius 1 is 1.35 bits per heavy atom. The summed E-state index contributed by atoms with van der Waals surface area (Å²) in [6, 6.07) is 0.648. The van der Waals surface area contributed by atoms with Gasteiger partial charge < -0.3 is 10.2 Å². The smallest absolute Gasteiger partial charge is 0.232 e. The Balaban J connectivity index is 1.73. The molecule has 0 aromatic rings. The Bertz CT molecular complexity index is 266. The van der Waals surface area contributed by atoms with Gasteiger partial charge in [-0.3, -0.25) is 4.79 Å². The summed E-state index contributed by atoms with van der Waals surface area (Å²) in [4.78, 5) is 14.0. The molecule has 3 nitrogen and oxygen atoms in total. The minimum Gasteiger partial charge on any atom is -0.342 e. The zero-order chi connectivity index (χ0) is 12.3. The molecule has 0 aromatic carbocycles.